The normalized spacial score (nSPS) is 35.5. The van der Waals surface area contributed by atoms with E-state index in [0.717, 1.165) is 24.5 Å². The van der Waals surface area contributed by atoms with Crippen LogP contribution in [0.2, 0.25) is 0 Å². The van der Waals surface area contributed by atoms with E-state index in [9.17, 15) is 0 Å². The van der Waals surface area contributed by atoms with Crippen LogP contribution in [0.3, 0.4) is 0 Å². The van der Waals surface area contributed by atoms with Crippen molar-refractivity contribution < 1.29 is 4.74 Å². The van der Waals surface area contributed by atoms with Gasteiger partial charge >= 0.3 is 0 Å². The molecule has 0 heterocycles. The maximum absolute atomic E-state index is 5.24. The Morgan fingerprint density at radius 1 is 1.38 bits per heavy atom. The molecule has 2 heteroatoms. The van der Waals surface area contributed by atoms with Crippen molar-refractivity contribution in [2.75, 3.05) is 13.7 Å². The Morgan fingerprint density at radius 2 is 2.08 bits per heavy atom. The summed E-state index contributed by atoms with van der Waals surface area (Å²) in [5, 5.41) is 3.72. The molecule has 1 N–H and O–H groups in total. The first-order valence-electron chi connectivity index (χ1n) is 5.54. The average Bonchev–Trinajstić information content (AvgIpc) is 2.82. The van der Waals surface area contributed by atoms with Crippen LogP contribution in [0, 0.1) is 11.8 Å². The van der Waals surface area contributed by atoms with Crippen molar-refractivity contribution in [1.29, 1.82) is 0 Å². The highest BCUT2D eigenvalue weighted by atomic mass is 16.5. The quantitative estimate of drug-likeness (QED) is 0.701. The van der Waals surface area contributed by atoms with Gasteiger partial charge in [-0.05, 0) is 37.5 Å². The van der Waals surface area contributed by atoms with Gasteiger partial charge in [0.25, 0.3) is 0 Å². The molecule has 2 rings (SSSR count). The average molecular weight is 183 g/mol. The number of ether oxygens (including phenoxy) is 1. The Morgan fingerprint density at radius 3 is 2.54 bits per heavy atom. The zero-order chi connectivity index (χ0) is 9.26. The van der Waals surface area contributed by atoms with E-state index in [1.165, 1.54) is 25.7 Å². The molecule has 2 saturated carbocycles. The fraction of sp³-hybridized carbons (Fsp3) is 1.00. The van der Waals surface area contributed by atoms with Gasteiger partial charge in [-0.3, -0.25) is 0 Å². The maximum Gasteiger partial charge on any atom is 0.0618 e. The summed E-state index contributed by atoms with van der Waals surface area (Å²) in [6.45, 7) is 3.23. The number of nitrogens with one attached hydrogen (secondary N) is 1. The van der Waals surface area contributed by atoms with Gasteiger partial charge in [0.05, 0.1) is 6.61 Å². The zero-order valence-corrected chi connectivity index (χ0v) is 8.75. The second-order valence-electron chi connectivity index (χ2n) is 4.84. The molecule has 0 aromatic carbocycles. The van der Waals surface area contributed by atoms with Gasteiger partial charge in [-0.2, -0.15) is 0 Å². The number of hydrogen-bond acceptors (Lipinski definition) is 2. The minimum atomic E-state index is 0.641. The van der Waals surface area contributed by atoms with Crippen molar-refractivity contribution in [3.8, 4) is 0 Å². The Kier molecular flexibility index (Phi) is 2.89. The van der Waals surface area contributed by atoms with Gasteiger partial charge < -0.3 is 10.1 Å². The molecule has 0 aromatic rings. The highest BCUT2D eigenvalue weighted by molar-refractivity contribution is 4.92. The van der Waals surface area contributed by atoms with Gasteiger partial charge in [0.15, 0.2) is 0 Å². The summed E-state index contributed by atoms with van der Waals surface area (Å²) in [5.41, 5.74) is 0. The molecule has 0 saturated heterocycles. The van der Waals surface area contributed by atoms with E-state index in [1.807, 2.05) is 0 Å². The largest absolute Gasteiger partial charge is 0.383 e. The second kappa shape index (κ2) is 3.97. The molecule has 76 valence electrons. The summed E-state index contributed by atoms with van der Waals surface area (Å²) < 4.78 is 5.24. The molecule has 0 bridgehead atoms. The first-order valence-corrected chi connectivity index (χ1v) is 5.54. The van der Waals surface area contributed by atoms with Gasteiger partial charge in [-0.25, -0.2) is 0 Å². The van der Waals surface area contributed by atoms with Crippen molar-refractivity contribution in [1.82, 2.24) is 5.32 Å². The Hall–Kier alpha value is -0.0800. The number of rotatable bonds is 5. The van der Waals surface area contributed by atoms with Crippen molar-refractivity contribution >= 4 is 0 Å². The van der Waals surface area contributed by atoms with Gasteiger partial charge in [-0.15, -0.1) is 0 Å². The highest BCUT2D eigenvalue weighted by Crippen LogP contribution is 2.35. The lowest BCUT2D eigenvalue weighted by atomic mass is 9.81. The van der Waals surface area contributed by atoms with Crippen molar-refractivity contribution in [3.05, 3.63) is 0 Å². The van der Waals surface area contributed by atoms with Crippen LogP contribution in [0.15, 0.2) is 0 Å². The predicted molar refractivity (Wildman–Crippen MR) is 53.7 cm³/mol. The molecule has 2 nitrogen and oxygen atoms in total. The maximum atomic E-state index is 5.24. The van der Waals surface area contributed by atoms with Crippen LogP contribution in [0.25, 0.3) is 0 Å². The first-order chi connectivity index (χ1) is 6.29. The summed E-state index contributed by atoms with van der Waals surface area (Å²) >= 11 is 0. The van der Waals surface area contributed by atoms with Crippen LogP contribution >= 0.6 is 0 Å². The highest BCUT2D eigenvalue weighted by Gasteiger charge is 2.35. The lowest BCUT2D eigenvalue weighted by Crippen LogP contribution is -2.48. The molecule has 0 radical (unpaired) electrons. The van der Waals surface area contributed by atoms with Crippen LogP contribution in [-0.4, -0.2) is 25.8 Å². The minimum absolute atomic E-state index is 0.641. The molecule has 0 spiro atoms. The Labute approximate surface area is 81.0 Å². The van der Waals surface area contributed by atoms with E-state index in [2.05, 4.69) is 12.2 Å². The molecule has 2 aliphatic carbocycles. The van der Waals surface area contributed by atoms with Gasteiger partial charge in [0.1, 0.15) is 0 Å². The number of methoxy groups -OCH3 is 1. The van der Waals surface area contributed by atoms with E-state index in [0.29, 0.717) is 6.04 Å². The summed E-state index contributed by atoms with van der Waals surface area (Å²) in [6, 6.07) is 1.43. The molecular formula is C11H21NO. The molecule has 1 atom stereocenters. The molecule has 2 fully saturated rings. The predicted octanol–water partition coefficient (Wildman–Crippen LogP) is 1.80. The molecule has 0 aromatic heterocycles. The molecule has 13 heavy (non-hydrogen) atoms. The van der Waals surface area contributed by atoms with Crippen LogP contribution in [-0.2, 0) is 4.74 Å². The van der Waals surface area contributed by atoms with Crippen LogP contribution < -0.4 is 5.32 Å². The smallest absolute Gasteiger partial charge is 0.0618 e. The van der Waals surface area contributed by atoms with E-state index in [-0.39, 0.29) is 0 Å². The summed E-state index contributed by atoms with van der Waals surface area (Å²) in [6.07, 6.45) is 5.55. The van der Waals surface area contributed by atoms with E-state index < -0.39 is 0 Å². The SMILES string of the molecule is COCC(NC1CC(C)C1)C1CC1. The third-order valence-electron chi connectivity index (χ3n) is 3.36. The lowest BCUT2D eigenvalue weighted by Gasteiger charge is -2.36. The van der Waals surface area contributed by atoms with Gasteiger partial charge in [0, 0.05) is 19.2 Å². The lowest BCUT2D eigenvalue weighted by molar-refractivity contribution is 0.129. The standard InChI is InChI=1S/C11H21NO/c1-8-5-10(6-8)12-11(7-13-2)9-3-4-9/h8-12H,3-7H2,1-2H3. The van der Waals surface area contributed by atoms with Crippen LogP contribution in [0.1, 0.15) is 32.6 Å². The van der Waals surface area contributed by atoms with E-state index in [1.54, 1.807) is 7.11 Å². The van der Waals surface area contributed by atoms with Gasteiger partial charge in [0.2, 0.25) is 0 Å². The third kappa shape index (κ3) is 2.44. The van der Waals surface area contributed by atoms with E-state index in [4.69, 9.17) is 4.74 Å². The van der Waals surface area contributed by atoms with E-state index >= 15 is 0 Å². The molecule has 2 aliphatic rings. The zero-order valence-electron chi connectivity index (χ0n) is 8.75. The topological polar surface area (TPSA) is 21.3 Å². The summed E-state index contributed by atoms with van der Waals surface area (Å²) in [4.78, 5) is 0. The molecule has 0 aliphatic heterocycles. The Balaban J connectivity index is 1.70. The monoisotopic (exact) mass is 183 g/mol. The van der Waals surface area contributed by atoms with Crippen molar-refractivity contribution in [3.63, 3.8) is 0 Å². The summed E-state index contributed by atoms with van der Waals surface area (Å²) in [5.74, 6) is 1.86. The van der Waals surface area contributed by atoms with Crippen molar-refractivity contribution in [2.45, 2.75) is 44.7 Å². The van der Waals surface area contributed by atoms with Gasteiger partial charge in [-0.1, -0.05) is 6.92 Å². The summed E-state index contributed by atoms with van der Waals surface area (Å²) in [7, 11) is 1.81. The first kappa shape index (κ1) is 9.47. The molecule has 0 amide bonds. The minimum Gasteiger partial charge on any atom is -0.383 e. The fourth-order valence-electron chi connectivity index (χ4n) is 2.34. The second-order valence-corrected chi connectivity index (χ2v) is 4.84. The van der Waals surface area contributed by atoms with Crippen molar-refractivity contribution in [2.24, 2.45) is 11.8 Å². The number of hydrogen-bond donors (Lipinski definition) is 1. The fourth-order valence-corrected chi connectivity index (χ4v) is 2.34. The molecular weight excluding hydrogens is 162 g/mol. The van der Waals surface area contributed by atoms with Crippen LogP contribution in [0.4, 0.5) is 0 Å². The van der Waals surface area contributed by atoms with Crippen LogP contribution in [0.5, 0.6) is 0 Å². The third-order valence-corrected chi connectivity index (χ3v) is 3.36. The Bertz CT molecular complexity index is 161. The molecule has 1 unspecified atom stereocenters.